The van der Waals surface area contributed by atoms with Crippen LogP contribution in [0.1, 0.15) is 38.2 Å². The molecule has 0 aliphatic heterocycles. The maximum absolute atomic E-state index is 13.0. The van der Waals surface area contributed by atoms with Crippen LogP contribution in [0.3, 0.4) is 0 Å². The van der Waals surface area contributed by atoms with Gasteiger partial charge in [-0.2, -0.15) is 26.3 Å². The van der Waals surface area contributed by atoms with Gasteiger partial charge in [-0.05, 0) is 23.3 Å². The number of carbonyl (C=O) groups is 1. The molecule has 152 valence electrons. The second-order valence-corrected chi connectivity index (χ2v) is 7.38. The Morgan fingerprint density at radius 1 is 0.750 bits per heavy atom. The van der Waals surface area contributed by atoms with Gasteiger partial charge in [-0.3, -0.25) is 4.79 Å². The predicted molar refractivity (Wildman–Crippen MR) is 102 cm³/mol. The molecule has 0 fully saturated rings. The van der Waals surface area contributed by atoms with Gasteiger partial charge in [-0.15, -0.1) is 0 Å². The van der Waals surface area contributed by atoms with E-state index in [0.717, 1.165) is 12.1 Å². The number of rotatable bonds is 4. The second kappa shape index (κ2) is 8.53. The lowest BCUT2D eigenvalue weighted by molar-refractivity contribution is -0.138. The lowest BCUT2D eigenvalue weighted by atomic mass is 9.93. The summed E-state index contributed by atoms with van der Waals surface area (Å²) >= 11 is 17.7. The van der Waals surface area contributed by atoms with E-state index in [9.17, 15) is 31.1 Å². The van der Waals surface area contributed by atoms with Crippen LogP contribution in [0.5, 0.6) is 0 Å². The third-order valence-electron chi connectivity index (χ3n) is 3.85. The molecule has 0 aliphatic carbocycles. The van der Waals surface area contributed by atoms with E-state index in [1.54, 1.807) is 0 Å². The van der Waals surface area contributed by atoms with Crippen LogP contribution in [0.15, 0.2) is 24.3 Å². The van der Waals surface area contributed by atoms with Gasteiger partial charge in [0.1, 0.15) is 0 Å². The summed E-state index contributed by atoms with van der Waals surface area (Å²) in [5, 5.41) is -1.66. The fourth-order valence-electron chi connectivity index (χ4n) is 2.51. The van der Waals surface area contributed by atoms with Crippen LogP contribution >= 0.6 is 55.1 Å². The van der Waals surface area contributed by atoms with Gasteiger partial charge in [0.15, 0.2) is 5.78 Å². The van der Waals surface area contributed by atoms with Gasteiger partial charge in [-0.25, -0.2) is 0 Å². The summed E-state index contributed by atoms with van der Waals surface area (Å²) in [5.41, 5.74) is -2.84. The van der Waals surface area contributed by atoms with Gasteiger partial charge in [0.2, 0.25) is 0 Å². The van der Waals surface area contributed by atoms with Crippen molar-refractivity contribution in [1.29, 1.82) is 0 Å². The SMILES string of the molecule is O=C(c1ccc(C(F)(F)F)c(Cl)c1CBr)c1ccc(C(F)(F)F)c(Cl)c1CBr. The highest BCUT2D eigenvalue weighted by Gasteiger charge is 2.37. The Balaban J connectivity index is 2.68. The summed E-state index contributed by atoms with van der Waals surface area (Å²) in [5.74, 6) is -0.796. The lowest BCUT2D eigenvalue weighted by Crippen LogP contribution is -2.14. The number of alkyl halides is 8. The molecule has 0 radical (unpaired) electrons. The van der Waals surface area contributed by atoms with Crippen LogP contribution in [0.2, 0.25) is 10.0 Å². The minimum absolute atomic E-state index is 0.127. The molecule has 0 saturated carbocycles. The maximum Gasteiger partial charge on any atom is 0.417 e. The number of benzene rings is 2. The Labute approximate surface area is 182 Å². The number of halogens is 10. The van der Waals surface area contributed by atoms with Gasteiger partial charge in [-0.1, -0.05) is 67.2 Å². The molecule has 11 heteroatoms. The first kappa shape index (κ1) is 23.5. The zero-order valence-corrected chi connectivity index (χ0v) is 18.1. The fraction of sp³-hybridized carbons (Fsp3) is 0.235. The van der Waals surface area contributed by atoms with Gasteiger partial charge in [0.25, 0.3) is 0 Å². The van der Waals surface area contributed by atoms with Crippen molar-refractivity contribution < 1.29 is 31.1 Å². The first-order chi connectivity index (χ1) is 12.8. The molecule has 2 aromatic rings. The summed E-state index contributed by atoms with van der Waals surface area (Å²) in [6, 6.07) is 3.19. The molecule has 0 heterocycles. The number of hydrogen-bond donors (Lipinski definition) is 0. The smallest absolute Gasteiger partial charge is 0.289 e. The Hall–Kier alpha value is -0.770. The van der Waals surface area contributed by atoms with Gasteiger partial charge in [0, 0.05) is 21.8 Å². The number of carbonyl (C=O) groups excluding carboxylic acids is 1. The summed E-state index contributed by atoms with van der Waals surface area (Å²) < 4.78 is 78.2. The van der Waals surface area contributed by atoms with Crippen molar-refractivity contribution in [2.45, 2.75) is 23.0 Å². The minimum Gasteiger partial charge on any atom is -0.289 e. The molecule has 28 heavy (non-hydrogen) atoms. The van der Waals surface area contributed by atoms with Crippen molar-refractivity contribution in [3.63, 3.8) is 0 Å². The van der Waals surface area contributed by atoms with Crippen LogP contribution in [0.4, 0.5) is 26.3 Å². The molecule has 0 atom stereocenters. The van der Waals surface area contributed by atoms with Crippen LogP contribution < -0.4 is 0 Å². The van der Waals surface area contributed by atoms with Gasteiger partial charge < -0.3 is 0 Å². The van der Waals surface area contributed by atoms with Crippen LogP contribution in [0, 0.1) is 0 Å². The van der Waals surface area contributed by atoms with Crippen LogP contribution in [-0.4, -0.2) is 5.78 Å². The number of hydrogen-bond acceptors (Lipinski definition) is 1. The van der Waals surface area contributed by atoms with E-state index in [2.05, 4.69) is 31.9 Å². The van der Waals surface area contributed by atoms with E-state index < -0.39 is 39.3 Å². The monoisotopic (exact) mass is 570 g/mol. The summed E-state index contributed by atoms with van der Waals surface area (Å²) in [6.07, 6.45) is -9.46. The van der Waals surface area contributed by atoms with E-state index in [0.29, 0.717) is 12.1 Å². The fourth-order valence-corrected chi connectivity index (χ4v) is 4.68. The van der Waals surface area contributed by atoms with Crippen molar-refractivity contribution in [3.8, 4) is 0 Å². The zero-order valence-electron chi connectivity index (χ0n) is 13.4. The van der Waals surface area contributed by atoms with E-state index >= 15 is 0 Å². The Bertz CT molecular complexity index is 852. The van der Waals surface area contributed by atoms with Gasteiger partial charge >= 0.3 is 12.4 Å². The molecule has 0 amide bonds. The summed E-state index contributed by atoms with van der Waals surface area (Å²) in [7, 11) is 0. The van der Waals surface area contributed by atoms with Gasteiger partial charge in [0.05, 0.1) is 21.2 Å². The quantitative estimate of drug-likeness (QED) is 0.206. The minimum atomic E-state index is -4.73. The molecule has 2 rings (SSSR count). The van der Waals surface area contributed by atoms with E-state index in [1.807, 2.05) is 0 Å². The molecular weight excluding hydrogens is 565 g/mol. The van der Waals surface area contributed by atoms with Crippen molar-refractivity contribution in [2.24, 2.45) is 0 Å². The molecule has 0 aromatic heterocycles. The highest BCUT2D eigenvalue weighted by molar-refractivity contribution is 9.08. The first-order valence-electron chi connectivity index (χ1n) is 7.28. The van der Waals surface area contributed by atoms with E-state index in [1.165, 1.54) is 0 Å². The Morgan fingerprint density at radius 3 is 1.32 bits per heavy atom. The highest BCUT2D eigenvalue weighted by Crippen LogP contribution is 2.41. The lowest BCUT2D eigenvalue weighted by Gasteiger charge is -2.17. The second-order valence-electron chi connectivity index (χ2n) is 5.50. The molecule has 2 aromatic carbocycles. The third kappa shape index (κ3) is 4.52. The molecule has 0 bridgehead atoms. The van der Waals surface area contributed by atoms with E-state index in [4.69, 9.17) is 23.2 Å². The average molecular weight is 573 g/mol. The molecule has 0 spiro atoms. The normalized spacial score (nSPS) is 12.4. The van der Waals surface area contributed by atoms with Crippen molar-refractivity contribution in [2.75, 3.05) is 0 Å². The molecule has 0 N–H and O–H groups in total. The number of ketones is 1. The first-order valence-corrected chi connectivity index (χ1v) is 10.3. The molecule has 0 unspecified atom stereocenters. The zero-order chi connectivity index (χ0) is 21.4. The highest BCUT2D eigenvalue weighted by atomic mass is 79.9. The Kier molecular flexibility index (Phi) is 7.17. The molecule has 1 nitrogen and oxygen atoms in total. The molecular formula is C17H8Br2Cl2F6O. The largest absolute Gasteiger partial charge is 0.417 e. The van der Waals surface area contributed by atoms with E-state index in [-0.39, 0.29) is 32.9 Å². The van der Waals surface area contributed by atoms with Crippen molar-refractivity contribution >= 4 is 60.8 Å². The van der Waals surface area contributed by atoms with Crippen LogP contribution in [-0.2, 0) is 23.0 Å². The summed E-state index contributed by atoms with van der Waals surface area (Å²) in [6.45, 7) is 0. The predicted octanol–water partition coefficient (Wildman–Crippen LogP) is 8.05. The maximum atomic E-state index is 13.0. The average Bonchev–Trinajstić information content (AvgIpc) is 2.58. The summed E-state index contributed by atoms with van der Waals surface area (Å²) in [4.78, 5) is 12.9. The Morgan fingerprint density at radius 2 is 1.07 bits per heavy atom. The molecule has 0 saturated heterocycles. The van der Waals surface area contributed by atoms with Crippen molar-refractivity contribution in [3.05, 3.63) is 67.7 Å². The molecule has 0 aliphatic rings. The third-order valence-corrected chi connectivity index (χ3v) is 5.84. The van der Waals surface area contributed by atoms with Crippen LogP contribution in [0.25, 0.3) is 0 Å². The standard InChI is InChI=1S/C17H8Br2Cl2F6O/c18-5-9-7(1-3-11(13(9)20)16(22,23)24)15(28)8-2-4-12(17(25,26)27)14(21)10(8)6-19/h1-4H,5-6H2. The topological polar surface area (TPSA) is 17.1 Å². The van der Waals surface area contributed by atoms with Crippen molar-refractivity contribution in [1.82, 2.24) is 0 Å².